The highest BCUT2D eigenvalue weighted by molar-refractivity contribution is 5.77. The molecule has 1 aliphatic heterocycles. The third kappa shape index (κ3) is 3.45. The first kappa shape index (κ1) is 12.9. The van der Waals surface area contributed by atoms with Crippen LogP contribution in [0.25, 0.3) is 0 Å². The number of hydrazine groups is 1. The number of carbonyl (C=O) groups is 1. The van der Waals surface area contributed by atoms with Crippen LogP contribution in [0.1, 0.15) is 6.42 Å². The van der Waals surface area contributed by atoms with Gasteiger partial charge < -0.3 is 4.90 Å². The average Bonchev–Trinajstić information content (AvgIpc) is 2.65. The van der Waals surface area contributed by atoms with Gasteiger partial charge in [-0.2, -0.15) is 0 Å². The lowest BCUT2D eigenvalue weighted by atomic mass is 10.3. The smallest absolute Gasteiger partial charge is 0.248 e. The molecule has 0 aliphatic carbocycles. The summed E-state index contributed by atoms with van der Waals surface area (Å²) in [7, 11) is 0. The summed E-state index contributed by atoms with van der Waals surface area (Å²) in [4.78, 5) is 15.8. The van der Waals surface area contributed by atoms with Gasteiger partial charge in [-0.15, -0.1) is 0 Å². The van der Waals surface area contributed by atoms with Crippen molar-refractivity contribution >= 4 is 11.6 Å². The Hall–Kier alpha value is -1.59. The quantitative estimate of drug-likeness (QED) is 0.455. The molecule has 2 rings (SSSR count). The van der Waals surface area contributed by atoms with Crippen molar-refractivity contribution in [2.45, 2.75) is 6.42 Å². The molecule has 1 heterocycles. The molecular weight excluding hydrogens is 228 g/mol. The van der Waals surface area contributed by atoms with Gasteiger partial charge in [0.25, 0.3) is 0 Å². The molecule has 0 atom stereocenters. The Morgan fingerprint density at radius 3 is 2.67 bits per heavy atom. The van der Waals surface area contributed by atoms with E-state index in [0.29, 0.717) is 6.54 Å². The van der Waals surface area contributed by atoms with Gasteiger partial charge in [0.2, 0.25) is 5.91 Å². The normalized spacial score (nSPS) is 17.3. The number of nitrogens with zero attached hydrogens (tertiary/aromatic N) is 2. The number of hydrogen-bond acceptors (Lipinski definition) is 4. The van der Waals surface area contributed by atoms with Crippen LogP contribution in [0, 0.1) is 0 Å². The Bertz CT molecular complexity index is 382. The van der Waals surface area contributed by atoms with Crippen LogP contribution in [0.15, 0.2) is 30.3 Å². The standard InChI is InChI=1S/C13H20N4O/c14-15-13(18)11-16-7-4-8-17(10-9-16)12-5-2-1-3-6-12/h1-3,5-6H,4,7-11,14H2,(H,15,18). The summed E-state index contributed by atoms with van der Waals surface area (Å²) in [5, 5.41) is 0. The summed E-state index contributed by atoms with van der Waals surface area (Å²) in [5.41, 5.74) is 3.43. The second-order valence-electron chi connectivity index (χ2n) is 4.52. The van der Waals surface area contributed by atoms with E-state index in [2.05, 4.69) is 39.5 Å². The van der Waals surface area contributed by atoms with Crippen LogP contribution in [-0.4, -0.2) is 43.5 Å². The fourth-order valence-corrected chi connectivity index (χ4v) is 2.27. The van der Waals surface area contributed by atoms with E-state index in [9.17, 15) is 4.79 Å². The van der Waals surface area contributed by atoms with Crippen LogP contribution in [0.5, 0.6) is 0 Å². The van der Waals surface area contributed by atoms with Gasteiger partial charge in [0.1, 0.15) is 0 Å². The van der Waals surface area contributed by atoms with Gasteiger partial charge in [0.05, 0.1) is 6.54 Å². The lowest BCUT2D eigenvalue weighted by Gasteiger charge is -2.23. The van der Waals surface area contributed by atoms with E-state index < -0.39 is 0 Å². The predicted molar refractivity (Wildman–Crippen MR) is 72.0 cm³/mol. The minimum atomic E-state index is -0.122. The number of rotatable bonds is 3. The zero-order valence-corrected chi connectivity index (χ0v) is 10.5. The van der Waals surface area contributed by atoms with Crippen molar-refractivity contribution in [3.8, 4) is 0 Å². The molecule has 3 N–H and O–H groups in total. The second-order valence-corrected chi connectivity index (χ2v) is 4.52. The molecule has 0 unspecified atom stereocenters. The number of nitrogens with one attached hydrogen (secondary N) is 1. The zero-order chi connectivity index (χ0) is 12.8. The van der Waals surface area contributed by atoms with Crippen molar-refractivity contribution in [3.63, 3.8) is 0 Å². The van der Waals surface area contributed by atoms with Crippen molar-refractivity contribution in [2.75, 3.05) is 37.6 Å². The molecule has 1 aliphatic rings. The molecule has 0 saturated carbocycles. The van der Waals surface area contributed by atoms with Crippen molar-refractivity contribution in [3.05, 3.63) is 30.3 Å². The molecule has 1 fully saturated rings. The third-order valence-corrected chi connectivity index (χ3v) is 3.24. The van der Waals surface area contributed by atoms with Crippen LogP contribution in [0.4, 0.5) is 5.69 Å². The first-order valence-electron chi connectivity index (χ1n) is 6.31. The van der Waals surface area contributed by atoms with Gasteiger partial charge >= 0.3 is 0 Å². The topological polar surface area (TPSA) is 61.6 Å². The van der Waals surface area contributed by atoms with Crippen molar-refractivity contribution < 1.29 is 4.79 Å². The maximum atomic E-state index is 11.3. The lowest BCUT2D eigenvalue weighted by Crippen LogP contribution is -2.41. The first-order chi connectivity index (χ1) is 8.79. The highest BCUT2D eigenvalue weighted by atomic mass is 16.2. The largest absolute Gasteiger partial charge is 0.370 e. The van der Waals surface area contributed by atoms with Gasteiger partial charge in [0.15, 0.2) is 0 Å². The molecule has 0 bridgehead atoms. The van der Waals surface area contributed by atoms with Crippen LogP contribution in [-0.2, 0) is 4.79 Å². The summed E-state index contributed by atoms with van der Waals surface area (Å²) in [6, 6.07) is 10.4. The van der Waals surface area contributed by atoms with Crippen LogP contribution >= 0.6 is 0 Å². The molecule has 1 amide bonds. The maximum Gasteiger partial charge on any atom is 0.248 e. The van der Waals surface area contributed by atoms with E-state index in [1.54, 1.807) is 0 Å². The monoisotopic (exact) mass is 248 g/mol. The number of amides is 1. The van der Waals surface area contributed by atoms with Crippen LogP contribution in [0.3, 0.4) is 0 Å². The summed E-state index contributed by atoms with van der Waals surface area (Å²) < 4.78 is 0. The van der Waals surface area contributed by atoms with Crippen molar-refractivity contribution in [1.29, 1.82) is 0 Å². The summed E-state index contributed by atoms with van der Waals surface area (Å²) in [5.74, 6) is 4.99. The second kappa shape index (κ2) is 6.37. The summed E-state index contributed by atoms with van der Waals surface area (Å²) in [6.45, 7) is 4.20. The number of nitrogens with two attached hydrogens (primary N) is 1. The van der Waals surface area contributed by atoms with E-state index in [-0.39, 0.29) is 5.91 Å². The molecule has 1 saturated heterocycles. The number of anilines is 1. The predicted octanol–water partition coefficient (Wildman–Crippen LogP) is 0.189. The highest BCUT2D eigenvalue weighted by Gasteiger charge is 2.16. The summed E-state index contributed by atoms with van der Waals surface area (Å²) in [6.07, 6.45) is 1.06. The van der Waals surface area contributed by atoms with Gasteiger partial charge in [-0.3, -0.25) is 15.1 Å². The van der Waals surface area contributed by atoms with Crippen LogP contribution < -0.4 is 16.2 Å². The first-order valence-corrected chi connectivity index (χ1v) is 6.31. The minimum absolute atomic E-state index is 0.122. The Labute approximate surface area is 108 Å². The molecule has 0 aromatic heterocycles. The fourth-order valence-electron chi connectivity index (χ4n) is 2.27. The zero-order valence-electron chi connectivity index (χ0n) is 10.5. The fraction of sp³-hybridized carbons (Fsp3) is 0.462. The molecule has 98 valence electrons. The number of carbonyl (C=O) groups excluding carboxylic acids is 1. The Kier molecular flexibility index (Phi) is 4.55. The molecule has 0 radical (unpaired) electrons. The van der Waals surface area contributed by atoms with E-state index >= 15 is 0 Å². The van der Waals surface area contributed by atoms with E-state index in [1.165, 1.54) is 5.69 Å². The highest BCUT2D eigenvalue weighted by Crippen LogP contribution is 2.15. The molecule has 5 nitrogen and oxygen atoms in total. The molecule has 1 aromatic carbocycles. The van der Waals surface area contributed by atoms with E-state index in [4.69, 9.17) is 5.84 Å². The number of para-hydroxylation sites is 1. The lowest BCUT2D eigenvalue weighted by molar-refractivity contribution is -0.122. The van der Waals surface area contributed by atoms with Crippen molar-refractivity contribution in [1.82, 2.24) is 10.3 Å². The summed E-state index contributed by atoms with van der Waals surface area (Å²) >= 11 is 0. The molecule has 0 spiro atoms. The Balaban J connectivity index is 1.90. The SMILES string of the molecule is NNC(=O)CN1CCCN(c2ccccc2)CC1. The van der Waals surface area contributed by atoms with Gasteiger partial charge in [-0.05, 0) is 18.6 Å². The Morgan fingerprint density at radius 2 is 1.94 bits per heavy atom. The maximum absolute atomic E-state index is 11.3. The Morgan fingerprint density at radius 1 is 1.17 bits per heavy atom. The van der Waals surface area contributed by atoms with Crippen molar-refractivity contribution in [2.24, 2.45) is 5.84 Å². The van der Waals surface area contributed by atoms with Gasteiger partial charge in [-0.25, -0.2) is 5.84 Å². The molecular formula is C13H20N4O. The third-order valence-electron chi connectivity index (χ3n) is 3.24. The van der Waals surface area contributed by atoms with Gasteiger partial charge in [0, 0.05) is 31.9 Å². The van der Waals surface area contributed by atoms with Gasteiger partial charge in [-0.1, -0.05) is 18.2 Å². The number of hydrogen-bond donors (Lipinski definition) is 2. The van der Waals surface area contributed by atoms with E-state index in [0.717, 1.165) is 32.6 Å². The van der Waals surface area contributed by atoms with Crippen LogP contribution in [0.2, 0.25) is 0 Å². The minimum Gasteiger partial charge on any atom is -0.370 e. The number of benzene rings is 1. The molecule has 5 heteroatoms. The molecule has 1 aromatic rings. The average molecular weight is 248 g/mol. The molecule has 18 heavy (non-hydrogen) atoms. The van der Waals surface area contributed by atoms with E-state index in [1.807, 2.05) is 6.07 Å².